The molecule has 1 fully saturated rings. The smallest absolute Gasteiger partial charge is 0.0170 e. The zero-order chi connectivity index (χ0) is 16.1. The molecule has 0 N–H and O–H groups in total. The van der Waals surface area contributed by atoms with E-state index in [1.54, 1.807) is 0 Å². The first-order valence-corrected chi connectivity index (χ1v) is 8.75. The van der Waals surface area contributed by atoms with Crippen molar-refractivity contribution in [3.8, 4) is 0 Å². The first-order valence-electron chi connectivity index (χ1n) is 8.75. The molecule has 23 heavy (non-hydrogen) atoms. The summed E-state index contributed by atoms with van der Waals surface area (Å²) in [5, 5.41) is 0. The van der Waals surface area contributed by atoms with E-state index >= 15 is 0 Å². The Morgan fingerprint density at radius 3 is 2.43 bits per heavy atom. The molecule has 0 amide bonds. The van der Waals surface area contributed by atoms with Crippen molar-refractivity contribution >= 4 is 5.57 Å². The van der Waals surface area contributed by atoms with E-state index in [1.807, 2.05) is 0 Å². The van der Waals surface area contributed by atoms with E-state index in [2.05, 4.69) is 84.5 Å². The van der Waals surface area contributed by atoms with Crippen LogP contribution >= 0.6 is 0 Å². The predicted molar refractivity (Wildman–Crippen MR) is 99.3 cm³/mol. The maximum Gasteiger partial charge on any atom is 0.0170 e. The van der Waals surface area contributed by atoms with Gasteiger partial charge in [-0.05, 0) is 24.1 Å². The molecule has 1 aliphatic heterocycles. The molecule has 1 saturated heterocycles. The average Bonchev–Trinajstić information content (AvgIpc) is 2.59. The molecule has 122 valence electrons. The number of hydrogen-bond donors (Lipinski definition) is 0. The maximum atomic E-state index is 2.57. The van der Waals surface area contributed by atoms with E-state index in [-0.39, 0.29) is 0 Å². The number of piperazine rings is 1. The van der Waals surface area contributed by atoms with Gasteiger partial charge in [0.25, 0.3) is 0 Å². The SMILES string of the molecule is CC1C=CC=CC1/C(=C/CN1CCN(C)CC1)c1ccccc1. The maximum absolute atomic E-state index is 2.57. The molecular formula is C21H28N2. The van der Waals surface area contributed by atoms with E-state index in [0.717, 1.165) is 6.54 Å². The van der Waals surface area contributed by atoms with Crippen LogP contribution in [0.3, 0.4) is 0 Å². The van der Waals surface area contributed by atoms with Crippen LogP contribution in [0.1, 0.15) is 12.5 Å². The third-order valence-electron chi connectivity index (χ3n) is 5.04. The number of hydrogen-bond acceptors (Lipinski definition) is 2. The lowest BCUT2D eigenvalue weighted by Crippen LogP contribution is -2.44. The summed E-state index contributed by atoms with van der Waals surface area (Å²) in [6.45, 7) is 8.07. The van der Waals surface area contributed by atoms with Crippen LogP contribution in [0.4, 0.5) is 0 Å². The topological polar surface area (TPSA) is 6.48 Å². The first kappa shape index (κ1) is 16.2. The minimum Gasteiger partial charge on any atom is -0.304 e. The lowest BCUT2D eigenvalue weighted by atomic mass is 9.80. The third-order valence-corrected chi connectivity index (χ3v) is 5.04. The van der Waals surface area contributed by atoms with Gasteiger partial charge in [-0.3, -0.25) is 4.90 Å². The van der Waals surface area contributed by atoms with E-state index in [0.29, 0.717) is 11.8 Å². The van der Waals surface area contributed by atoms with Gasteiger partial charge in [-0.1, -0.05) is 67.6 Å². The van der Waals surface area contributed by atoms with Gasteiger partial charge >= 0.3 is 0 Å². The van der Waals surface area contributed by atoms with Gasteiger partial charge in [0, 0.05) is 38.6 Å². The van der Waals surface area contributed by atoms with E-state index in [9.17, 15) is 0 Å². The summed E-state index contributed by atoms with van der Waals surface area (Å²) in [5.74, 6) is 1.04. The van der Waals surface area contributed by atoms with Gasteiger partial charge in [-0.15, -0.1) is 0 Å². The number of rotatable bonds is 4. The van der Waals surface area contributed by atoms with Gasteiger partial charge < -0.3 is 4.90 Å². The molecule has 0 spiro atoms. The summed E-state index contributed by atoms with van der Waals surface area (Å²) in [7, 11) is 2.21. The van der Waals surface area contributed by atoms with Gasteiger partial charge in [-0.2, -0.15) is 0 Å². The van der Waals surface area contributed by atoms with Crippen LogP contribution in [-0.2, 0) is 0 Å². The highest BCUT2D eigenvalue weighted by Gasteiger charge is 2.20. The van der Waals surface area contributed by atoms with Gasteiger partial charge in [0.1, 0.15) is 0 Å². The minimum absolute atomic E-state index is 0.481. The Morgan fingerprint density at radius 2 is 1.74 bits per heavy atom. The molecule has 1 heterocycles. The minimum atomic E-state index is 0.481. The van der Waals surface area contributed by atoms with Crippen LogP contribution in [0.5, 0.6) is 0 Å². The Morgan fingerprint density at radius 1 is 1.04 bits per heavy atom. The van der Waals surface area contributed by atoms with E-state index in [1.165, 1.54) is 37.3 Å². The Balaban J connectivity index is 1.79. The van der Waals surface area contributed by atoms with Crippen molar-refractivity contribution in [2.75, 3.05) is 39.8 Å². The van der Waals surface area contributed by atoms with E-state index in [4.69, 9.17) is 0 Å². The second-order valence-electron chi connectivity index (χ2n) is 6.78. The Kier molecular flexibility index (Phi) is 5.47. The molecule has 2 nitrogen and oxygen atoms in total. The fraction of sp³-hybridized carbons (Fsp3) is 0.429. The van der Waals surface area contributed by atoms with Crippen LogP contribution in [-0.4, -0.2) is 49.6 Å². The fourth-order valence-electron chi connectivity index (χ4n) is 3.44. The van der Waals surface area contributed by atoms with Gasteiger partial charge in [0.2, 0.25) is 0 Å². The molecule has 0 saturated carbocycles. The van der Waals surface area contributed by atoms with Gasteiger partial charge in [0.05, 0.1) is 0 Å². The highest BCUT2D eigenvalue weighted by Crippen LogP contribution is 2.33. The van der Waals surface area contributed by atoms with Crippen molar-refractivity contribution in [2.24, 2.45) is 11.8 Å². The van der Waals surface area contributed by atoms with Crippen molar-refractivity contribution in [3.05, 3.63) is 66.3 Å². The van der Waals surface area contributed by atoms with E-state index < -0.39 is 0 Å². The second-order valence-corrected chi connectivity index (χ2v) is 6.78. The number of likely N-dealkylation sites (N-methyl/N-ethyl adjacent to an activating group) is 1. The fourth-order valence-corrected chi connectivity index (χ4v) is 3.44. The number of nitrogens with zero attached hydrogens (tertiary/aromatic N) is 2. The molecule has 0 aromatic heterocycles. The second kappa shape index (κ2) is 7.76. The zero-order valence-electron chi connectivity index (χ0n) is 14.4. The Bertz CT molecular complexity index is 577. The molecule has 3 rings (SSSR count). The Hall–Kier alpha value is -1.64. The molecule has 2 aliphatic rings. The molecule has 1 aromatic rings. The molecule has 1 aromatic carbocycles. The third kappa shape index (κ3) is 4.21. The monoisotopic (exact) mass is 308 g/mol. The predicted octanol–water partition coefficient (Wildman–Crippen LogP) is 3.70. The highest BCUT2D eigenvalue weighted by molar-refractivity contribution is 5.70. The summed E-state index contributed by atoms with van der Waals surface area (Å²) < 4.78 is 0. The standard InChI is InChI=1S/C21H28N2/c1-18-8-6-7-11-20(18)21(19-9-4-3-5-10-19)12-13-23-16-14-22(2)15-17-23/h3-12,18,20H,13-17H2,1-2H3/b21-12+. The zero-order valence-corrected chi connectivity index (χ0v) is 14.4. The molecule has 2 atom stereocenters. The highest BCUT2D eigenvalue weighted by atomic mass is 15.2. The normalized spacial score (nSPS) is 26.6. The van der Waals surface area contributed by atoms with Gasteiger partial charge in [0.15, 0.2) is 0 Å². The average molecular weight is 308 g/mol. The van der Waals surface area contributed by atoms with Crippen molar-refractivity contribution < 1.29 is 0 Å². The summed E-state index contributed by atoms with van der Waals surface area (Å²) >= 11 is 0. The lowest BCUT2D eigenvalue weighted by Gasteiger charge is -2.32. The van der Waals surface area contributed by atoms with Crippen LogP contribution in [0.2, 0.25) is 0 Å². The molecule has 2 unspecified atom stereocenters. The largest absolute Gasteiger partial charge is 0.304 e. The van der Waals surface area contributed by atoms with Gasteiger partial charge in [-0.25, -0.2) is 0 Å². The molecule has 1 aliphatic carbocycles. The van der Waals surface area contributed by atoms with Crippen molar-refractivity contribution in [1.29, 1.82) is 0 Å². The van der Waals surface area contributed by atoms with Crippen molar-refractivity contribution in [1.82, 2.24) is 9.80 Å². The first-order chi connectivity index (χ1) is 11.2. The summed E-state index contributed by atoms with van der Waals surface area (Å²) in [4.78, 5) is 4.98. The van der Waals surface area contributed by atoms with Crippen molar-refractivity contribution in [3.63, 3.8) is 0 Å². The van der Waals surface area contributed by atoms with Crippen LogP contribution in [0.15, 0.2) is 60.7 Å². The Labute approximate surface area is 140 Å². The number of allylic oxidation sites excluding steroid dienone is 5. The van der Waals surface area contributed by atoms with Crippen LogP contribution in [0, 0.1) is 11.8 Å². The van der Waals surface area contributed by atoms with Crippen LogP contribution < -0.4 is 0 Å². The summed E-state index contributed by atoms with van der Waals surface area (Å²) in [6.07, 6.45) is 11.5. The van der Waals surface area contributed by atoms with Crippen molar-refractivity contribution in [2.45, 2.75) is 6.92 Å². The van der Waals surface area contributed by atoms with Crippen LogP contribution in [0.25, 0.3) is 5.57 Å². The quantitative estimate of drug-likeness (QED) is 0.837. The lowest BCUT2D eigenvalue weighted by molar-refractivity contribution is 0.166. The molecule has 0 bridgehead atoms. The summed E-state index contributed by atoms with van der Waals surface area (Å²) in [6, 6.07) is 10.9. The molecular weight excluding hydrogens is 280 g/mol. The molecule has 2 heteroatoms. The molecule has 0 radical (unpaired) electrons. The number of benzene rings is 1. The summed E-state index contributed by atoms with van der Waals surface area (Å²) in [5.41, 5.74) is 2.83.